The highest BCUT2D eigenvalue weighted by Crippen LogP contribution is 2.27. The monoisotopic (exact) mass is 316 g/mol. The largest absolute Gasteiger partial charge is 0.367 e. The molecule has 1 heterocycles. The van der Waals surface area contributed by atoms with Crippen molar-refractivity contribution in [1.29, 1.82) is 0 Å². The number of hydrogen-bond donors (Lipinski definition) is 3. The van der Waals surface area contributed by atoms with Gasteiger partial charge in [0.15, 0.2) is 0 Å². The summed E-state index contributed by atoms with van der Waals surface area (Å²) in [6.07, 6.45) is 5.08. The fourth-order valence-corrected chi connectivity index (χ4v) is 2.76. The molecule has 1 aromatic rings. The van der Waals surface area contributed by atoms with Gasteiger partial charge in [-0.05, 0) is 18.9 Å². The van der Waals surface area contributed by atoms with Crippen LogP contribution in [0, 0.1) is 0 Å². The van der Waals surface area contributed by atoms with Crippen molar-refractivity contribution in [2.75, 3.05) is 18.4 Å². The normalized spacial score (nSPS) is 16.9. The van der Waals surface area contributed by atoms with E-state index in [1.165, 1.54) is 6.20 Å². The molecule has 1 aromatic heterocycles. The topological polar surface area (TPSA) is 80.0 Å². The summed E-state index contributed by atoms with van der Waals surface area (Å²) in [5, 5.41) is 6.82. The number of rotatable bonds is 5. The number of carbonyl (C=O) groups is 1. The standard InChI is InChI=1S/C13H18Cl2N4O/c14-9-7-10(15)11(19-8-9)17-5-6-18-12(20)13(16)3-1-2-4-13/h7-8H,1-6,16H2,(H,17,19)(H,18,20). The third kappa shape index (κ3) is 3.75. The number of nitrogens with two attached hydrogens (primary N) is 1. The van der Waals surface area contributed by atoms with Crippen molar-refractivity contribution in [1.82, 2.24) is 10.3 Å². The Labute approximate surface area is 128 Å². The Morgan fingerprint density at radius 2 is 2.05 bits per heavy atom. The number of hydrogen-bond acceptors (Lipinski definition) is 4. The Bertz CT molecular complexity index is 489. The van der Waals surface area contributed by atoms with E-state index in [-0.39, 0.29) is 5.91 Å². The minimum atomic E-state index is -0.684. The van der Waals surface area contributed by atoms with Crippen molar-refractivity contribution in [3.05, 3.63) is 22.3 Å². The summed E-state index contributed by atoms with van der Waals surface area (Å²) in [4.78, 5) is 16.0. The fourth-order valence-electron chi connectivity index (χ4n) is 2.31. The number of nitrogens with one attached hydrogen (secondary N) is 2. The second kappa shape index (κ2) is 6.61. The smallest absolute Gasteiger partial charge is 0.240 e. The fraction of sp³-hybridized carbons (Fsp3) is 0.538. The van der Waals surface area contributed by atoms with Crippen molar-refractivity contribution in [2.45, 2.75) is 31.2 Å². The molecule has 4 N–H and O–H groups in total. The zero-order valence-corrected chi connectivity index (χ0v) is 12.6. The Morgan fingerprint density at radius 3 is 2.70 bits per heavy atom. The summed E-state index contributed by atoms with van der Waals surface area (Å²) >= 11 is 11.7. The molecular weight excluding hydrogens is 299 g/mol. The molecule has 0 saturated heterocycles. The first-order chi connectivity index (χ1) is 9.51. The Hall–Kier alpha value is -1.04. The number of amides is 1. The predicted octanol–water partition coefficient (Wildman–Crippen LogP) is 2.19. The van der Waals surface area contributed by atoms with Crippen molar-refractivity contribution < 1.29 is 4.79 Å². The molecule has 0 atom stereocenters. The maximum absolute atomic E-state index is 12.0. The van der Waals surface area contributed by atoms with E-state index < -0.39 is 5.54 Å². The molecule has 0 aromatic carbocycles. The third-order valence-electron chi connectivity index (χ3n) is 3.46. The lowest BCUT2D eigenvalue weighted by Gasteiger charge is -2.22. The predicted molar refractivity (Wildman–Crippen MR) is 81.1 cm³/mol. The zero-order valence-electron chi connectivity index (χ0n) is 11.1. The molecule has 1 aliphatic carbocycles. The first-order valence-corrected chi connectivity index (χ1v) is 7.39. The van der Waals surface area contributed by atoms with E-state index in [9.17, 15) is 4.79 Å². The molecule has 1 saturated carbocycles. The molecule has 0 spiro atoms. The van der Waals surface area contributed by atoms with Crippen LogP contribution in [0.25, 0.3) is 0 Å². The molecule has 2 rings (SSSR count). The van der Waals surface area contributed by atoms with E-state index in [4.69, 9.17) is 28.9 Å². The van der Waals surface area contributed by atoms with E-state index in [0.29, 0.717) is 29.0 Å². The molecule has 20 heavy (non-hydrogen) atoms. The Balaban J connectivity index is 1.75. The Morgan fingerprint density at radius 1 is 1.35 bits per heavy atom. The van der Waals surface area contributed by atoms with Crippen molar-refractivity contribution in [3.63, 3.8) is 0 Å². The minimum Gasteiger partial charge on any atom is -0.367 e. The minimum absolute atomic E-state index is 0.0769. The quantitative estimate of drug-likeness (QED) is 0.727. The van der Waals surface area contributed by atoms with Crippen LogP contribution >= 0.6 is 23.2 Å². The van der Waals surface area contributed by atoms with Gasteiger partial charge in [-0.15, -0.1) is 0 Å². The van der Waals surface area contributed by atoms with Gasteiger partial charge in [-0.3, -0.25) is 4.79 Å². The maximum atomic E-state index is 12.0. The van der Waals surface area contributed by atoms with Crippen LogP contribution in [-0.2, 0) is 4.79 Å². The number of nitrogens with zero attached hydrogens (tertiary/aromatic N) is 1. The first kappa shape index (κ1) is 15.4. The van der Waals surface area contributed by atoms with Crippen LogP contribution in [0.4, 0.5) is 5.82 Å². The summed E-state index contributed by atoms with van der Waals surface area (Å²) in [6, 6.07) is 1.62. The second-order valence-electron chi connectivity index (χ2n) is 5.03. The molecule has 5 nitrogen and oxygen atoms in total. The zero-order chi connectivity index (χ0) is 14.6. The van der Waals surface area contributed by atoms with Crippen molar-refractivity contribution in [2.24, 2.45) is 5.73 Å². The summed E-state index contributed by atoms with van der Waals surface area (Å²) in [6.45, 7) is 0.995. The van der Waals surface area contributed by atoms with Gasteiger partial charge in [-0.2, -0.15) is 0 Å². The van der Waals surface area contributed by atoms with Gasteiger partial charge < -0.3 is 16.4 Å². The molecule has 0 aliphatic heterocycles. The molecular formula is C13H18Cl2N4O. The van der Waals surface area contributed by atoms with Crippen LogP contribution in [0.15, 0.2) is 12.3 Å². The highest BCUT2D eigenvalue weighted by molar-refractivity contribution is 6.35. The number of carbonyl (C=O) groups excluding carboxylic acids is 1. The van der Waals surface area contributed by atoms with Crippen molar-refractivity contribution in [3.8, 4) is 0 Å². The van der Waals surface area contributed by atoms with Gasteiger partial charge in [-0.1, -0.05) is 36.0 Å². The van der Waals surface area contributed by atoms with Crippen LogP contribution in [-0.4, -0.2) is 29.5 Å². The summed E-state index contributed by atoms with van der Waals surface area (Å²) in [7, 11) is 0. The molecule has 0 radical (unpaired) electrons. The van der Waals surface area contributed by atoms with Gasteiger partial charge in [0.05, 0.1) is 15.6 Å². The van der Waals surface area contributed by atoms with Crippen LogP contribution in [0.1, 0.15) is 25.7 Å². The first-order valence-electron chi connectivity index (χ1n) is 6.63. The van der Waals surface area contributed by atoms with Gasteiger partial charge in [0.1, 0.15) is 5.82 Å². The lowest BCUT2D eigenvalue weighted by Crippen LogP contribution is -2.52. The van der Waals surface area contributed by atoms with Gasteiger partial charge in [0, 0.05) is 19.3 Å². The van der Waals surface area contributed by atoms with E-state index >= 15 is 0 Å². The van der Waals surface area contributed by atoms with Gasteiger partial charge >= 0.3 is 0 Å². The van der Waals surface area contributed by atoms with Gasteiger partial charge in [0.25, 0.3) is 0 Å². The lowest BCUT2D eigenvalue weighted by molar-refractivity contribution is -0.126. The van der Waals surface area contributed by atoms with E-state index in [1.54, 1.807) is 6.07 Å². The number of anilines is 1. The highest BCUT2D eigenvalue weighted by atomic mass is 35.5. The second-order valence-corrected chi connectivity index (χ2v) is 5.87. The lowest BCUT2D eigenvalue weighted by atomic mass is 9.98. The molecule has 1 aliphatic rings. The molecule has 0 unspecified atom stereocenters. The van der Waals surface area contributed by atoms with E-state index in [2.05, 4.69) is 15.6 Å². The number of aromatic nitrogens is 1. The highest BCUT2D eigenvalue weighted by Gasteiger charge is 2.36. The molecule has 0 bridgehead atoms. The third-order valence-corrected chi connectivity index (χ3v) is 3.95. The number of halogens is 2. The summed E-state index contributed by atoms with van der Waals surface area (Å²) in [5.41, 5.74) is 5.37. The molecule has 1 fully saturated rings. The average molecular weight is 317 g/mol. The molecule has 110 valence electrons. The van der Waals surface area contributed by atoms with Crippen LogP contribution in [0.3, 0.4) is 0 Å². The van der Waals surface area contributed by atoms with Crippen LogP contribution < -0.4 is 16.4 Å². The van der Waals surface area contributed by atoms with E-state index in [1.807, 2.05) is 0 Å². The SMILES string of the molecule is NC1(C(=O)NCCNc2ncc(Cl)cc2Cl)CCCC1. The summed E-state index contributed by atoms with van der Waals surface area (Å²) < 4.78 is 0. The van der Waals surface area contributed by atoms with Crippen molar-refractivity contribution >= 4 is 34.9 Å². The van der Waals surface area contributed by atoms with E-state index in [0.717, 1.165) is 25.7 Å². The maximum Gasteiger partial charge on any atom is 0.240 e. The summed E-state index contributed by atoms with van der Waals surface area (Å²) in [5.74, 6) is 0.473. The van der Waals surface area contributed by atoms with Crippen LogP contribution in [0.5, 0.6) is 0 Å². The van der Waals surface area contributed by atoms with Crippen LogP contribution in [0.2, 0.25) is 10.0 Å². The van der Waals surface area contributed by atoms with Gasteiger partial charge in [0.2, 0.25) is 5.91 Å². The molecule has 7 heteroatoms. The Kier molecular flexibility index (Phi) is 5.07. The number of pyridine rings is 1. The molecule has 1 amide bonds. The average Bonchev–Trinajstić information content (AvgIpc) is 2.85. The van der Waals surface area contributed by atoms with Gasteiger partial charge in [-0.25, -0.2) is 4.98 Å².